The maximum absolute atomic E-state index is 8.99. The third-order valence-electron chi connectivity index (χ3n) is 3.95. The zero-order valence-electron chi connectivity index (χ0n) is 10.7. The van der Waals surface area contributed by atoms with Crippen molar-refractivity contribution in [1.82, 2.24) is 0 Å². The van der Waals surface area contributed by atoms with Crippen molar-refractivity contribution < 1.29 is 9.84 Å². The normalized spacial score (nSPS) is 32.6. The molecule has 1 saturated carbocycles. The van der Waals surface area contributed by atoms with E-state index >= 15 is 0 Å². The molecule has 3 N–H and O–H groups in total. The van der Waals surface area contributed by atoms with Crippen LogP contribution in [-0.4, -0.2) is 30.5 Å². The molecule has 1 unspecified atom stereocenters. The molecule has 0 aliphatic heterocycles. The molecule has 0 amide bonds. The van der Waals surface area contributed by atoms with Crippen LogP contribution in [0.3, 0.4) is 0 Å². The number of nitrogens with two attached hydrogens (primary N) is 1. The molecule has 1 aliphatic rings. The molecule has 3 nitrogen and oxygen atoms in total. The maximum Gasteiger partial charge on any atom is 0.0804 e. The van der Waals surface area contributed by atoms with Crippen molar-refractivity contribution in [2.45, 2.75) is 51.6 Å². The lowest BCUT2D eigenvalue weighted by Crippen LogP contribution is -2.45. The predicted octanol–water partition coefficient (Wildman–Crippen LogP) is 1.93. The molecule has 1 atom stereocenters. The number of hydrogen-bond acceptors (Lipinski definition) is 3. The summed E-state index contributed by atoms with van der Waals surface area (Å²) in [4.78, 5) is 0. The summed E-state index contributed by atoms with van der Waals surface area (Å²) in [6.45, 7) is 5.70. The minimum absolute atomic E-state index is 0.102. The molecule has 0 spiro atoms. The second-order valence-electron chi connectivity index (χ2n) is 5.34. The average Bonchev–Trinajstić information content (AvgIpc) is 2.36. The summed E-state index contributed by atoms with van der Waals surface area (Å²) in [6.07, 6.45) is 5.91. The average molecular weight is 229 g/mol. The molecule has 96 valence electrons. The Labute approximate surface area is 99.4 Å². The number of aliphatic hydroxyl groups excluding tert-OH is 1. The first kappa shape index (κ1) is 13.9. The first-order chi connectivity index (χ1) is 7.65. The standard InChI is InChI=1S/C13H27NO2/c1-3-12-4-6-13(10-14,7-5-12)16-9-11(2)8-15/h11-12,15H,3-10,14H2,1-2H3. The van der Waals surface area contributed by atoms with Gasteiger partial charge in [-0.15, -0.1) is 0 Å². The van der Waals surface area contributed by atoms with Gasteiger partial charge >= 0.3 is 0 Å². The molecule has 0 heterocycles. The molecule has 1 rings (SSSR count). The lowest BCUT2D eigenvalue weighted by Gasteiger charge is -2.39. The molecule has 0 bridgehead atoms. The van der Waals surface area contributed by atoms with Crippen LogP contribution in [0.25, 0.3) is 0 Å². The van der Waals surface area contributed by atoms with Gasteiger partial charge in [-0.3, -0.25) is 0 Å². The van der Waals surface area contributed by atoms with Gasteiger partial charge in [0, 0.05) is 19.1 Å². The summed E-state index contributed by atoms with van der Waals surface area (Å²) in [5, 5.41) is 8.99. The molecule has 16 heavy (non-hydrogen) atoms. The van der Waals surface area contributed by atoms with Crippen molar-refractivity contribution in [3.63, 3.8) is 0 Å². The van der Waals surface area contributed by atoms with E-state index in [9.17, 15) is 0 Å². The Morgan fingerprint density at radius 3 is 2.50 bits per heavy atom. The Kier molecular flexibility index (Phi) is 5.73. The number of ether oxygens (including phenoxy) is 1. The van der Waals surface area contributed by atoms with E-state index in [-0.39, 0.29) is 18.1 Å². The second kappa shape index (κ2) is 6.58. The van der Waals surface area contributed by atoms with Crippen LogP contribution < -0.4 is 5.73 Å². The Bertz CT molecular complexity index is 188. The zero-order valence-corrected chi connectivity index (χ0v) is 10.7. The highest BCUT2D eigenvalue weighted by atomic mass is 16.5. The van der Waals surface area contributed by atoms with Crippen LogP contribution in [0.4, 0.5) is 0 Å². The van der Waals surface area contributed by atoms with Gasteiger partial charge in [0.05, 0.1) is 12.2 Å². The third-order valence-corrected chi connectivity index (χ3v) is 3.95. The van der Waals surface area contributed by atoms with E-state index in [1.807, 2.05) is 6.92 Å². The van der Waals surface area contributed by atoms with Crippen LogP contribution in [0.2, 0.25) is 0 Å². The fourth-order valence-electron chi connectivity index (χ4n) is 2.39. The van der Waals surface area contributed by atoms with E-state index in [2.05, 4.69) is 6.92 Å². The van der Waals surface area contributed by atoms with Gasteiger partial charge in [-0.05, 0) is 31.6 Å². The molecular weight excluding hydrogens is 202 g/mol. The summed E-state index contributed by atoms with van der Waals surface area (Å²) in [5.41, 5.74) is 5.76. The fraction of sp³-hybridized carbons (Fsp3) is 1.00. The van der Waals surface area contributed by atoms with E-state index in [1.165, 1.54) is 19.3 Å². The van der Waals surface area contributed by atoms with Gasteiger partial charge in [-0.2, -0.15) is 0 Å². The quantitative estimate of drug-likeness (QED) is 0.731. The fourth-order valence-corrected chi connectivity index (χ4v) is 2.39. The summed E-state index contributed by atoms with van der Waals surface area (Å²) in [7, 11) is 0. The van der Waals surface area contributed by atoms with Crippen LogP contribution in [0.5, 0.6) is 0 Å². The summed E-state index contributed by atoms with van der Waals surface area (Å²) in [5.74, 6) is 1.07. The van der Waals surface area contributed by atoms with E-state index in [0.29, 0.717) is 13.2 Å². The SMILES string of the molecule is CCC1CCC(CN)(OCC(C)CO)CC1. The molecule has 3 heteroatoms. The molecular formula is C13H27NO2. The Balaban J connectivity index is 2.40. The summed E-state index contributed by atoms with van der Waals surface area (Å²) >= 11 is 0. The monoisotopic (exact) mass is 229 g/mol. The largest absolute Gasteiger partial charge is 0.396 e. The minimum Gasteiger partial charge on any atom is -0.396 e. The van der Waals surface area contributed by atoms with Crippen molar-refractivity contribution in [3.8, 4) is 0 Å². The van der Waals surface area contributed by atoms with E-state index < -0.39 is 0 Å². The second-order valence-corrected chi connectivity index (χ2v) is 5.34. The van der Waals surface area contributed by atoms with Crippen molar-refractivity contribution in [3.05, 3.63) is 0 Å². The van der Waals surface area contributed by atoms with Gasteiger partial charge in [0.1, 0.15) is 0 Å². The van der Waals surface area contributed by atoms with Gasteiger partial charge in [0.15, 0.2) is 0 Å². The first-order valence-electron chi connectivity index (χ1n) is 6.60. The Hall–Kier alpha value is -0.120. The molecule has 1 aliphatic carbocycles. The lowest BCUT2D eigenvalue weighted by molar-refractivity contribution is -0.0866. The highest BCUT2D eigenvalue weighted by Crippen LogP contribution is 2.35. The van der Waals surface area contributed by atoms with Crippen molar-refractivity contribution in [2.24, 2.45) is 17.6 Å². The van der Waals surface area contributed by atoms with E-state index in [4.69, 9.17) is 15.6 Å². The van der Waals surface area contributed by atoms with Crippen LogP contribution in [0, 0.1) is 11.8 Å². The molecule has 0 aromatic carbocycles. The van der Waals surface area contributed by atoms with Crippen LogP contribution >= 0.6 is 0 Å². The van der Waals surface area contributed by atoms with Gasteiger partial charge in [0.25, 0.3) is 0 Å². The molecule has 1 fully saturated rings. The molecule has 0 saturated heterocycles. The van der Waals surface area contributed by atoms with Crippen LogP contribution in [0.15, 0.2) is 0 Å². The smallest absolute Gasteiger partial charge is 0.0804 e. The van der Waals surface area contributed by atoms with Gasteiger partial charge < -0.3 is 15.6 Å². The van der Waals surface area contributed by atoms with Crippen molar-refractivity contribution in [1.29, 1.82) is 0 Å². The summed E-state index contributed by atoms with van der Waals surface area (Å²) in [6, 6.07) is 0. The molecule has 0 radical (unpaired) electrons. The third kappa shape index (κ3) is 3.72. The zero-order chi connectivity index (χ0) is 12.0. The highest BCUT2D eigenvalue weighted by Gasteiger charge is 2.34. The number of hydrogen-bond donors (Lipinski definition) is 2. The number of aliphatic hydroxyl groups is 1. The van der Waals surface area contributed by atoms with Crippen LogP contribution in [-0.2, 0) is 4.74 Å². The van der Waals surface area contributed by atoms with Crippen molar-refractivity contribution in [2.75, 3.05) is 19.8 Å². The first-order valence-corrected chi connectivity index (χ1v) is 6.60. The maximum atomic E-state index is 8.99. The highest BCUT2D eigenvalue weighted by molar-refractivity contribution is 4.88. The van der Waals surface area contributed by atoms with Gasteiger partial charge in [-0.25, -0.2) is 0 Å². The molecule has 0 aromatic rings. The lowest BCUT2D eigenvalue weighted by atomic mass is 9.77. The molecule has 0 aromatic heterocycles. The Morgan fingerprint density at radius 1 is 1.44 bits per heavy atom. The summed E-state index contributed by atoms with van der Waals surface area (Å²) < 4.78 is 5.98. The van der Waals surface area contributed by atoms with Gasteiger partial charge in [-0.1, -0.05) is 20.3 Å². The number of rotatable bonds is 6. The predicted molar refractivity (Wildman–Crippen MR) is 66.2 cm³/mol. The van der Waals surface area contributed by atoms with E-state index in [0.717, 1.165) is 18.8 Å². The topological polar surface area (TPSA) is 55.5 Å². The minimum atomic E-state index is -0.102. The van der Waals surface area contributed by atoms with E-state index in [1.54, 1.807) is 0 Å². The Morgan fingerprint density at radius 2 is 2.06 bits per heavy atom. The van der Waals surface area contributed by atoms with Gasteiger partial charge in [0.2, 0.25) is 0 Å². The van der Waals surface area contributed by atoms with Crippen LogP contribution in [0.1, 0.15) is 46.0 Å². The van der Waals surface area contributed by atoms with Crippen molar-refractivity contribution >= 4 is 0 Å².